The summed E-state index contributed by atoms with van der Waals surface area (Å²) in [4.78, 5) is 4.07. The number of hydrogen-bond acceptors (Lipinski definition) is 4. The van der Waals surface area contributed by atoms with Gasteiger partial charge in [-0.2, -0.15) is 5.26 Å². The van der Waals surface area contributed by atoms with Crippen LogP contribution in [0.5, 0.6) is 0 Å². The van der Waals surface area contributed by atoms with Crippen LogP contribution in [0.1, 0.15) is 29.3 Å². The van der Waals surface area contributed by atoms with Crippen molar-refractivity contribution in [1.29, 1.82) is 5.26 Å². The molecule has 2 heterocycles. The number of benzene rings is 1. The Hall–Kier alpha value is -2.71. The lowest BCUT2D eigenvalue weighted by Gasteiger charge is -2.11. The largest absolute Gasteiger partial charge is 0.245 e. The minimum absolute atomic E-state index is 0.163. The molecule has 1 atom stereocenters. The minimum atomic E-state index is 0.163. The van der Waals surface area contributed by atoms with Gasteiger partial charge in [0.25, 0.3) is 0 Å². The summed E-state index contributed by atoms with van der Waals surface area (Å²) in [5, 5.41) is 18.1. The third kappa shape index (κ3) is 2.37. The number of fused-ring (bicyclic) bond motifs is 1. The maximum Gasteiger partial charge on any atom is 0.140 e. The van der Waals surface area contributed by atoms with Gasteiger partial charge in [0.1, 0.15) is 17.5 Å². The van der Waals surface area contributed by atoms with Crippen molar-refractivity contribution in [2.45, 2.75) is 18.9 Å². The zero-order valence-corrected chi connectivity index (χ0v) is 12.9. The third-order valence-corrected chi connectivity index (χ3v) is 4.54. The molecule has 6 heteroatoms. The van der Waals surface area contributed by atoms with E-state index in [0.717, 1.165) is 29.1 Å². The molecule has 0 unspecified atom stereocenters. The second-order valence-electron chi connectivity index (χ2n) is 5.49. The van der Waals surface area contributed by atoms with Crippen molar-refractivity contribution in [1.82, 2.24) is 20.0 Å². The molecule has 0 N–H and O–H groups in total. The number of rotatable bonds is 2. The third-order valence-electron chi connectivity index (χ3n) is 4.19. The molecular formula is C17H12ClN5. The zero-order chi connectivity index (χ0) is 15.8. The highest BCUT2D eigenvalue weighted by atomic mass is 35.5. The van der Waals surface area contributed by atoms with Gasteiger partial charge in [-0.3, -0.25) is 0 Å². The van der Waals surface area contributed by atoms with Crippen LogP contribution < -0.4 is 0 Å². The minimum Gasteiger partial charge on any atom is -0.245 e. The molecule has 1 aromatic carbocycles. The van der Waals surface area contributed by atoms with Crippen molar-refractivity contribution in [3.05, 3.63) is 64.6 Å². The van der Waals surface area contributed by atoms with Gasteiger partial charge in [-0.15, -0.1) is 5.10 Å². The Labute approximate surface area is 138 Å². The SMILES string of the molecule is N#Cc1ccc(-c2cn([C@H]3CCc4c(Cl)cccc43)nn2)cn1. The summed E-state index contributed by atoms with van der Waals surface area (Å²) in [6.45, 7) is 0. The number of nitrogens with zero attached hydrogens (tertiary/aromatic N) is 5. The van der Waals surface area contributed by atoms with E-state index in [2.05, 4.69) is 21.4 Å². The van der Waals surface area contributed by atoms with E-state index < -0.39 is 0 Å². The van der Waals surface area contributed by atoms with Gasteiger partial charge in [0.2, 0.25) is 0 Å². The van der Waals surface area contributed by atoms with Crippen LogP contribution in [0.2, 0.25) is 5.02 Å². The number of hydrogen-bond donors (Lipinski definition) is 0. The van der Waals surface area contributed by atoms with Gasteiger partial charge >= 0.3 is 0 Å². The number of pyridine rings is 1. The molecule has 0 saturated heterocycles. The van der Waals surface area contributed by atoms with Gasteiger partial charge in [0, 0.05) is 16.8 Å². The quantitative estimate of drug-likeness (QED) is 0.725. The predicted molar refractivity (Wildman–Crippen MR) is 85.9 cm³/mol. The summed E-state index contributed by atoms with van der Waals surface area (Å²) in [6, 6.07) is 11.7. The molecule has 0 bridgehead atoms. The fourth-order valence-electron chi connectivity index (χ4n) is 3.04. The topological polar surface area (TPSA) is 67.4 Å². The summed E-state index contributed by atoms with van der Waals surface area (Å²) in [6.07, 6.45) is 5.48. The van der Waals surface area contributed by atoms with Crippen LogP contribution in [0.4, 0.5) is 0 Å². The maximum atomic E-state index is 8.81. The fourth-order valence-corrected chi connectivity index (χ4v) is 3.31. The Bertz CT molecular complexity index is 907. The van der Waals surface area contributed by atoms with Crippen molar-refractivity contribution in [3.63, 3.8) is 0 Å². The van der Waals surface area contributed by atoms with E-state index >= 15 is 0 Å². The van der Waals surface area contributed by atoms with Crippen molar-refractivity contribution in [2.24, 2.45) is 0 Å². The van der Waals surface area contributed by atoms with Gasteiger partial charge in [-0.05, 0) is 42.2 Å². The van der Waals surface area contributed by atoms with Gasteiger partial charge in [-0.25, -0.2) is 9.67 Å². The average molecular weight is 322 g/mol. The fraction of sp³-hybridized carbons (Fsp3) is 0.176. The van der Waals surface area contributed by atoms with E-state index in [9.17, 15) is 0 Å². The molecular weight excluding hydrogens is 310 g/mol. The molecule has 5 nitrogen and oxygen atoms in total. The maximum absolute atomic E-state index is 8.81. The lowest BCUT2D eigenvalue weighted by atomic mass is 10.1. The van der Waals surface area contributed by atoms with E-state index in [1.54, 1.807) is 12.3 Å². The van der Waals surface area contributed by atoms with Crippen LogP contribution in [0.3, 0.4) is 0 Å². The summed E-state index contributed by atoms with van der Waals surface area (Å²) >= 11 is 6.27. The molecule has 0 spiro atoms. The molecule has 23 heavy (non-hydrogen) atoms. The summed E-state index contributed by atoms with van der Waals surface area (Å²) < 4.78 is 1.88. The highest BCUT2D eigenvalue weighted by Crippen LogP contribution is 2.37. The van der Waals surface area contributed by atoms with E-state index in [1.807, 2.05) is 35.1 Å². The molecule has 1 aliphatic carbocycles. The Morgan fingerprint density at radius 2 is 2.17 bits per heavy atom. The molecule has 112 valence electrons. The monoisotopic (exact) mass is 321 g/mol. The smallest absolute Gasteiger partial charge is 0.140 e. The Kier molecular flexibility index (Phi) is 3.32. The second-order valence-corrected chi connectivity index (χ2v) is 5.90. The molecule has 3 aromatic rings. The van der Waals surface area contributed by atoms with Crippen molar-refractivity contribution in [3.8, 4) is 17.3 Å². The van der Waals surface area contributed by atoms with Gasteiger partial charge in [0.15, 0.2) is 0 Å². The van der Waals surface area contributed by atoms with Crippen molar-refractivity contribution < 1.29 is 0 Å². The highest BCUT2D eigenvalue weighted by molar-refractivity contribution is 6.31. The predicted octanol–water partition coefficient (Wildman–Crippen LogP) is 3.40. The number of aromatic nitrogens is 4. The van der Waals surface area contributed by atoms with Gasteiger partial charge < -0.3 is 0 Å². The first-order chi connectivity index (χ1) is 11.3. The average Bonchev–Trinajstić information content (AvgIpc) is 3.22. The van der Waals surface area contributed by atoms with Gasteiger partial charge in [-0.1, -0.05) is 28.9 Å². The molecule has 4 rings (SSSR count). The highest BCUT2D eigenvalue weighted by Gasteiger charge is 2.26. The van der Waals surface area contributed by atoms with Crippen LogP contribution >= 0.6 is 11.6 Å². The molecule has 0 fully saturated rings. The van der Waals surface area contributed by atoms with Crippen LogP contribution in [0.15, 0.2) is 42.7 Å². The van der Waals surface area contributed by atoms with Crippen molar-refractivity contribution >= 4 is 11.6 Å². The lowest BCUT2D eigenvalue weighted by Crippen LogP contribution is -2.07. The normalized spacial score (nSPS) is 16.1. The summed E-state index contributed by atoms with van der Waals surface area (Å²) in [5.41, 5.74) is 4.40. The first-order valence-corrected chi connectivity index (χ1v) is 7.69. The second kappa shape index (κ2) is 5.49. The van der Waals surface area contributed by atoms with E-state index in [0.29, 0.717) is 5.69 Å². The first kappa shape index (κ1) is 13.9. The van der Waals surface area contributed by atoms with Crippen LogP contribution in [0.25, 0.3) is 11.3 Å². The van der Waals surface area contributed by atoms with E-state index in [-0.39, 0.29) is 6.04 Å². The molecule has 0 radical (unpaired) electrons. The van der Waals surface area contributed by atoms with Crippen LogP contribution in [-0.4, -0.2) is 20.0 Å². The van der Waals surface area contributed by atoms with E-state index in [4.69, 9.17) is 16.9 Å². The summed E-state index contributed by atoms with van der Waals surface area (Å²) in [5.74, 6) is 0. The standard InChI is InChI=1S/C17H12ClN5/c18-15-3-1-2-14-13(15)6-7-17(14)23-10-16(21-22-23)11-4-5-12(8-19)20-9-11/h1-5,9-10,17H,6-7H2/t17-/m0/s1. The van der Waals surface area contributed by atoms with E-state index in [1.165, 1.54) is 11.1 Å². The molecule has 0 aliphatic heterocycles. The molecule has 1 aliphatic rings. The number of halogens is 1. The van der Waals surface area contributed by atoms with Crippen molar-refractivity contribution in [2.75, 3.05) is 0 Å². The number of nitriles is 1. The molecule has 0 amide bonds. The molecule has 0 saturated carbocycles. The lowest BCUT2D eigenvalue weighted by molar-refractivity contribution is 0.504. The first-order valence-electron chi connectivity index (χ1n) is 7.32. The van der Waals surface area contributed by atoms with Gasteiger partial charge in [0.05, 0.1) is 12.2 Å². The zero-order valence-electron chi connectivity index (χ0n) is 12.1. The Balaban J connectivity index is 1.67. The molecule has 2 aromatic heterocycles. The Morgan fingerprint density at radius 3 is 2.96 bits per heavy atom. The Morgan fingerprint density at radius 1 is 1.26 bits per heavy atom. The van der Waals surface area contributed by atoms with Crippen LogP contribution in [0, 0.1) is 11.3 Å². The summed E-state index contributed by atoms with van der Waals surface area (Å²) in [7, 11) is 0. The van der Waals surface area contributed by atoms with Crippen LogP contribution in [-0.2, 0) is 6.42 Å².